The fourth-order valence-electron chi connectivity index (χ4n) is 1.87. The van der Waals surface area contributed by atoms with Crippen molar-refractivity contribution in [1.29, 1.82) is 0 Å². The van der Waals surface area contributed by atoms with Crippen LogP contribution in [0.1, 0.15) is 11.3 Å². The summed E-state index contributed by atoms with van der Waals surface area (Å²) >= 11 is 29.2. The van der Waals surface area contributed by atoms with E-state index in [4.69, 9.17) is 58.0 Å². The van der Waals surface area contributed by atoms with Crippen LogP contribution >= 0.6 is 58.0 Å². The van der Waals surface area contributed by atoms with Gasteiger partial charge in [0.25, 0.3) is 0 Å². The highest BCUT2D eigenvalue weighted by molar-refractivity contribution is 6.56. The second-order valence-electron chi connectivity index (χ2n) is 4.53. The van der Waals surface area contributed by atoms with E-state index in [2.05, 4.69) is 4.98 Å². The molecule has 0 amide bonds. The summed E-state index contributed by atoms with van der Waals surface area (Å²) in [5.74, 6) is 0. The molecule has 0 saturated heterocycles. The van der Waals surface area contributed by atoms with Gasteiger partial charge in [0, 0.05) is 5.56 Å². The quantitative estimate of drug-likeness (QED) is 0.237. The predicted molar refractivity (Wildman–Crippen MR) is 84.7 cm³/mol. The largest absolute Gasteiger partial charge is 0.433 e. The van der Waals surface area contributed by atoms with Crippen LogP contribution in [0.3, 0.4) is 0 Å². The van der Waals surface area contributed by atoms with Crippen LogP contribution in [0.15, 0.2) is 12.1 Å². The lowest BCUT2D eigenvalue weighted by molar-refractivity contribution is -0.164. The SMILES string of the molecule is FC(F)(F)c1ccc(-c2c(Cl)c(Cl)c(Cl)c(Cl)c2Cl)nc1C(F)(F)F. The molecular weight excluding hydrogens is 461 g/mol. The van der Waals surface area contributed by atoms with Crippen LogP contribution in [0, 0.1) is 0 Å². The van der Waals surface area contributed by atoms with Gasteiger partial charge < -0.3 is 0 Å². The Labute approximate surface area is 161 Å². The van der Waals surface area contributed by atoms with Gasteiger partial charge in [-0.3, -0.25) is 0 Å². The zero-order valence-electron chi connectivity index (χ0n) is 11.3. The van der Waals surface area contributed by atoms with Crippen molar-refractivity contribution in [3.63, 3.8) is 0 Å². The first-order chi connectivity index (χ1) is 11.3. The van der Waals surface area contributed by atoms with Crippen LogP contribution in [0.2, 0.25) is 25.1 Å². The molecule has 0 N–H and O–H groups in total. The van der Waals surface area contributed by atoms with Crippen molar-refractivity contribution in [3.05, 3.63) is 48.5 Å². The number of rotatable bonds is 1. The van der Waals surface area contributed by atoms with Crippen LogP contribution in [-0.2, 0) is 12.4 Å². The van der Waals surface area contributed by atoms with Crippen LogP contribution in [0.25, 0.3) is 11.3 Å². The summed E-state index contributed by atoms with van der Waals surface area (Å²) in [5.41, 5.74) is -5.08. The number of alkyl halides is 6. The van der Waals surface area contributed by atoms with Gasteiger partial charge in [-0.05, 0) is 12.1 Å². The van der Waals surface area contributed by atoms with Gasteiger partial charge in [-0.15, -0.1) is 0 Å². The molecule has 0 radical (unpaired) electrons. The molecule has 0 bridgehead atoms. The number of nitrogens with zero attached hydrogens (tertiary/aromatic N) is 1. The summed E-state index contributed by atoms with van der Waals surface area (Å²) < 4.78 is 77.4. The van der Waals surface area contributed by atoms with Gasteiger partial charge in [0.05, 0.1) is 36.4 Å². The summed E-state index contributed by atoms with van der Waals surface area (Å²) in [6.07, 6.45) is -10.6. The minimum atomic E-state index is -5.38. The van der Waals surface area contributed by atoms with Crippen molar-refractivity contribution >= 4 is 58.0 Å². The minimum Gasteiger partial charge on any atom is -0.243 e. The van der Waals surface area contributed by atoms with E-state index >= 15 is 0 Å². The molecule has 12 heteroatoms. The molecule has 0 atom stereocenters. The van der Waals surface area contributed by atoms with E-state index in [1.165, 1.54) is 0 Å². The van der Waals surface area contributed by atoms with Gasteiger partial charge in [-0.2, -0.15) is 26.3 Å². The number of aromatic nitrogens is 1. The molecule has 2 aromatic rings. The second-order valence-corrected chi connectivity index (χ2v) is 6.42. The average Bonchev–Trinajstić information content (AvgIpc) is 2.49. The van der Waals surface area contributed by atoms with Gasteiger partial charge in [0.1, 0.15) is 0 Å². The zero-order valence-corrected chi connectivity index (χ0v) is 15.0. The molecule has 0 fully saturated rings. The Bertz CT molecular complexity index is 817. The van der Waals surface area contributed by atoms with Crippen molar-refractivity contribution in [2.45, 2.75) is 12.4 Å². The molecule has 0 aliphatic heterocycles. The summed E-state index contributed by atoms with van der Waals surface area (Å²) in [6.45, 7) is 0. The number of benzene rings is 1. The lowest BCUT2D eigenvalue weighted by atomic mass is 10.1. The molecule has 1 aromatic carbocycles. The normalized spacial score (nSPS) is 12.6. The monoisotopic (exact) mass is 461 g/mol. The Morgan fingerprint density at radius 2 is 1.08 bits per heavy atom. The van der Waals surface area contributed by atoms with Gasteiger partial charge in [-0.25, -0.2) is 4.98 Å². The number of hydrogen-bond acceptors (Lipinski definition) is 1. The van der Waals surface area contributed by atoms with Crippen LogP contribution < -0.4 is 0 Å². The van der Waals surface area contributed by atoms with E-state index in [9.17, 15) is 26.3 Å². The van der Waals surface area contributed by atoms with Crippen LogP contribution in [-0.4, -0.2) is 4.98 Å². The maximum atomic E-state index is 13.0. The van der Waals surface area contributed by atoms with Crippen molar-refractivity contribution in [3.8, 4) is 11.3 Å². The zero-order chi connectivity index (χ0) is 19.3. The maximum absolute atomic E-state index is 13.0. The van der Waals surface area contributed by atoms with Crippen molar-refractivity contribution in [2.75, 3.05) is 0 Å². The van der Waals surface area contributed by atoms with Gasteiger partial charge >= 0.3 is 12.4 Å². The molecule has 0 unspecified atom stereocenters. The van der Waals surface area contributed by atoms with E-state index in [-0.39, 0.29) is 26.7 Å². The molecule has 0 spiro atoms. The highest BCUT2D eigenvalue weighted by Gasteiger charge is 2.45. The van der Waals surface area contributed by atoms with E-state index < -0.39 is 39.3 Å². The molecule has 2 rings (SSSR count). The topological polar surface area (TPSA) is 12.9 Å². The number of hydrogen-bond donors (Lipinski definition) is 0. The third-order valence-electron chi connectivity index (χ3n) is 2.94. The third kappa shape index (κ3) is 3.90. The minimum absolute atomic E-state index is 0.216. The van der Waals surface area contributed by atoms with E-state index in [0.29, 0.717) is 6.07 Å². The summed E-state index contributed by atoms with van der Waals surface area (Å²) in [6, 6.07) is 0.889. The molecular formula is C13H2Cl5F6N. The molecule has 1 nitrogen and oxygen atoms in total. The Morgan fingerprint density at radius 3 is 1.48 bits per heavy atom. The Balaban J connectivity index is 2.84. The predicted octanol–water partition coefficient (Wildman–Crippen LogP) is 8.05. The highest BCUT2D eigenvalue weighted by Crippen LogP contribution is 2.49. The summed E-state index contributed by atoms with van der Waals surface area (Å²) in [4.78, 5) is 3.04. The first kappa shape index (κ1) is 20.7. The average molecular weight is 463 g/mol. The fraction of sp³-hybridized carbons (Fsp3) is 0.154. The lowest BCUT2D eigenvalue weighted by Gasteiger charge is -2.17. The van der Waals surface area contributed by atoms with E-state index in [1.807, 2.05) is 0 Å². The Hall–Kier alpha value is -0.600. The molecule has 1 heterocycles. The van der Waals surface area contributed by atoms with Crippen molar-refractivity contribution in [2.24, 2.45) is 0 Å². The van der Waals surface area contributed by atoms with Crippen molar-refractivity contribution in [1.82, 2.24) is 4.98 Å². The van der Waals surface area contributed by atoms with E-state index in [0.717, 1.165) is 0 Å². The molecule has 1 aromatic heterocycles. The molecule has 136 valence electrons. The van der Waals surface area contributed by atoms with Gasteiger partial charge in [-0.1, -0.05) is 58.0 Å². The van der Waals surface area contributed by atoms with Gasteiger partial charge in [0.2, 0.25) is 0 Å². The third-order valence-corrected chi connectivity index (χ3v) is 5.21. The van der Waals surface area contributed by atoms with Crippen LogP contribution in [0.5, 0.6) is 0 Å². The molecule has 0 aliphatic carbocycles. The summed E-state index contributed by atoms with van der Waals surface area (Å²) in [5, 5.41) is -1.72. The Morgan fingerprint density at radius 1 is 0.640 bits per heavy atom. The highest BCUT2D eigenvalue weighted by atomic mass is 35.5. The molecule has 0 aliphatic rings. The van der Waals surface area contributed by atoms with Gasteiger partial charge in [0.15, 0.2) is 5.69 Å². The fourth-order valence-corrected chi connectivity index (χ4v) is 3.20. The maximum Gasteiger partial charge on any atom is 0.433 e. The standard InChI is InChI=1S/C13H2Cl5F6N/c14-6-5(7(15)9(17)10(18)8(6)16)4-2-1-3(12(19,20)21)11(25-4)13(22,23)24/h1-2H. The smallest absolute Gasteiger partial charge is 0.243 e. The number of halogens is 11. The lowest BCUT2D eigenvalue weighted by Crippen LogP contribution is -2.18. The first-order valence-electron chi connectivity index (χ1n) is 5.94. The van der Waals surface area contributed by atoms with E-state index in [1.54, 1.807) is 0 Å². The van der Waals surface area contributed by atoms with Crippen molar-refractivity contribution < 1.29 is 26.3 Å². The van der Waals surface area contributed by atoms with Crippen LogP contribution in [0.4, 0.5) is 26.3 Å². The molecule has 25 heavy (non-hydrogen) atoms. The molecule has 0 saturated carbocycles. The Kier molecular flexibility index (Phi) is 5.67. The number of pyridine rings is 1. The second kappa shape index (κ2) is 6.85. The first-order valence-corrected chi connectivity index (χ1v) is 7.83. The summed E-state index contributed by atoms with van der Waals surface area (Å²) in [7, 11) is 0.